The summed E-state index contributed by atoms with van der Waals surface area (Å²) < 4.78 is 33.0. The number of carbonyl (C=O) groups excluding carboxylic acids is 1. The molecular weight excluding hydrogens is 410 g/mol. The van der Waals surface area contributed by atoms with E-state index in [1.54, 1.807) is 36.6 Å². The van der Waals surface area contributed by atoms with Crippen LogP contribution in [0.25, 0.3) is 11.3 Å². The lowest BCUT2D eigenvalue weighted by atomic mass is 10.1. The topological polar surface area (TPSA) is 97.4 Å². The van der Waals surface area contributed by atoms with Crippen LogP contribution in [-0.4, -0.2) is 25.4 Å². The highest BCUT2D eigenvalue weighted by atomic mass is 32.2. The maximum atomic E-state index is 12.5. The van der Waals surface area contributed by atoms with Crippen LogP contribution in [0.1, 0.15) is 18.1 Å². The summed E-state index contributed by atoms with van der Waals surface area (Å²) in [6.45, 7) is 3.63. The molecule has 0 saturated heterocycles. The number of nitrogens with one attached hydrogen (secondary N) is 2. The minimum Gasteiger partial charge on any atom is -0.479 e. The predicted molar refractivity (Wildman–Crippen MR) is 114 cm³/mol. The molecule has 2 aromatic carbocycles. The highest BCUT2D eigenvalue weighted by Gasteiger charge is 2.24. The molecule has 1 amide bonds. The fraction of sp³-hybridized carbons (Fsp3) is 0.200. The van der Waals surface area contributed by atoms with E-state index in [0.717, 1.165) is 11.1 Å². The second kappa shape index (κ2) is 7.49. The number of amides is 1. The molecule has 0 spiro atoms. The second-order valence-corrected chi connectivity index (χ2v) is 9.43. The summed E-state index contributed by atoms with van der Waals surface area (Å²) >= 11 is 1.20. The Kier molecular flexibility index (Phi) is 5.01. The fourth-order valence-electron chi connectivity index (χ4n) is 2.89. The molecule has 2 N–H and O–H groups in total. The molecule has 1 atom stereocenters. The van der Waals surface area contributed by atoms with Gasteiger partial charge in [-0.25, -0.2) is 13.4 Å². The molecular formula is C20H19N3O4S2. The van der Waals surface area contributed by atoms with Crippen molar-refractivity contribution in [1.82, 2.24) is 4.98 Å². The van der Waals surface area contributed by atoms with Gasteiger partial charge in [0.2, 0.25) is 10.0 Å². The first kappa shape index (κ1) is 19.4. The number of nitrogens with zero attached hydrogens (tertiary/aromatic N) is 1. The number of aromatic nitrogens is 1. The smallest absolute Gasteiger partial charge is 0.265 e. The van der Waals surface area contributed by atoms with Gasteiger partial charge in [-0.2, -0.15) is 0 Å². The second-order valence-electron chi connectivity index (χ2n) is 6.84. The number of aryl methyl sites for hydroxylation is 1. The lowest BCUT2D eigenvalue weighted by Gasteiger charge is -2.23. The monoisotopic (exact) mass is 429 g/mol. The zero-order valence-corrected chi connectivity index (χ0v) is 17.4. The summed E-state index contributed by atoms with van der Waals surface area (Å²) in [6.07, 6.45) is -0.540. The summed E-state index contributed by atoms with van der Waals surface area (Å²) in [7, 11) is -3.58. The highest BCUT2D eigenvalue weighted by Crippen LogP contribution is 2.35. The normalized spacial score (nSPS) is 15.9. The summed E-state index contributed by atoms with van der Waals surface area (Å²) in [6, 6.07) is 12.7. The van der Waals surface area contributed by atoms with E-state index in [0.29, 0.717) is 27.8 Å². The van der Waals surface area contributed by atoms with Crippen molar-refractivity contribution in [3.63, 3.8) is 0 Å². The zero-order chi connectivity index (χ0) is 20.6. The largest absolute Gasteiger partial charge is 0.479 e. The molecule has 2 heterocycles. The molecule has 150 valence electrons. The Morgan fingerprint density at radius 2 is 1.97 bits per heavy atom. The van der Waals surface area contributed by atoms with E-state index in [2.05, 4.69) is 15.0 Å². The third kappa shape index (κ3) is 4.41. The van der Waals surface area contributed by atoms with Gasteiger partial charge in [0, 0.05) is 10.9 Å². The Hall–Kier alpha value is -2.91. The van der Waals surface area contributed by atoms with Crippen molar-refractivity contribution in [3.8, 4) is 17.0 Å². The first-order valence-corrected chi connectivity index (χ1v) is 11.5. The van der Waals surface area contributed by atoms with Gasteiger partial charge >= 0.3 is 0 Å². The standard InChI is InChI=1S/C20H19N3O4S2/c1-12-3-5-14(6-4-12)11-29(25,26)23-20-22-17(10-28-20)15-7-8-18-16(9-15)21-19(24)13(2)27-18/h3-10,13H,11H2,1-2H3,(H,21,24)(H,22,23). The number of benzene rings is 2. The van der Waals surface area contributed by atoms with Gasteiger partial charge < -0.3 is 10.1 Å². The van der Waals surface area contributed by atoms with Crippen molar-refractivity contribution in [1.29, 1.82) is 0 Å². The third-order valence-electron chi connectivity index (χ3n) is 4.43. The maximum Gasteiger partial charge on any atom is 0.265 e. The Bertz CT molecular complexity index is 1170. The molecule has 1 aromatic heterocycles. The van der Waals surface area contributed by atoms with Crippen LogP contribution < -0.4 is 14.8 Å². The molecule has 4 rings (SSSR count). The quantitative estimate of drug-likeness (QED) is 0.643. The van der Waals surface area contributed by atoms with Crippen LogP contribution in [0.4, 0.5) is 10.8 Å². The highest BCUT2D eigenvalue weighted by molar-refractivity contribution is 7.92. The van der Waals surface area contributed by atoms with E-state index in [1.165, 1.54) is 11.3 Å². The minimum absolute atomic E-state index is 0.122. The third-order valence-corrected chi connectivity index (χ3v) is 6.54. The summed E-state index contributed by atoms with van der Waals surface area (Å²) in [5.41, 5.74) is 3.71. The first-order chi connectivity index (χ1) is 13.8. The van der Waals surface area contributed by atoms with Crippen LogP contribution in [-0.2, 0) is 20.6 Å². The van der Waals surface area contributed by atoms with E-state index in [-0.39, 0.29) is 11.7 Å². The maximum absolute atomic E-state index is 12.5. The van der Waals surface area contributed by atoms with Crippen molar-refractivity contribution in [2.24, 2.45) is 0 Å². The zero-order valence-electron chi connectivity index (χ0n) is 15.8. The number of carbonyl (C=O) groups is 1. The number of rotatable bonds is 5. The number of anilines is 2. The summed E-state index contributed by atoms with van der Waals surface area (Å²) in [4.78, 5) is 16.2. The van der Waals surface area contributed by atoms with Crippen molar-refractivity contribution in [2.75, 3.05) is 10.0 Å². The van der Waals surface area contributed by atoms with Gasteiger partial charge in [0.1, 0.15) is 5.75 Å². The number of hydrogen-bond donors (Lipinski definition) is 2. The van der Waals surface area contributed by atoms with E-state index in [4.69, 9.17) is 4.74 Å². The molecule has 9 heteroatoms. The SMILES string of the molecule is Cc1ccc(CS(=O)(=O)Nc2nc(-c3ccc4c(c3)NC(=O)C(C)O4)cs2)cc1. The molecule has 3 aromatic rings. The molecule has 0 radical (unpaired) electrons. The molecule has 29 heavy (non-hydrogen) atoms. The number of ether oxygens (including phenoxy) is 1. The molecule has 1 unspecified atom stereocenters. The van der Waals surface area contributed by atoms with Crippen LogP contribution >= 0.6 is 11.3 Å². The summed E-state index contributed by atoms with van der Waals surface area (Å²) in [5.74, 6) is 0.260. The van der Waals surface area contributed by atoms with Gasteiger partial charge in [0.15, 0.2) is 11.2 Å². The van der Waals surface area contributed by atoms with E-state index in [1.807, 2.05) is 25.1 Å². The number of sulfonamides is 1. The van der Waals surface area contributed by atoms with Crippen LogP contribution in [0.2, 0.25) is 0 Å². The molecule has 7 nitrogen and oxygen atoms in total. The Morgan fingerprint density at radius 3 is 2.72 bits per heavy atom. The van der Waals surface area contributed by atoms with Crippen molar-refractivity contribution in [2.45, 2.75) is 25.7 Å². The molecule has 0 fully saturated rings. The average molecular weight is 430 g/mol. The van der Waals surface area contributed by atoms with E-state index >= 15 is 0 Å². The predicted octanol–water partition coefficient (Wildman–Crippen LogP) is 3.78. The number of hydrogen-bond acceptors (Lipinski definition) is 6. The van der Waals surface area contributed by atoms with E-state index in [9.17, 15) is 13.2 Å². The lowest BCUT2D eigenvalue weighted by Crippen LogP contribution is -2.34. The van der Waals surface area contributed by atoms with Crippen molar-refractivity contribution in [3.05, 3.63) is 59.0 Å². The van der Waals surface area contributed by atoms with Gasteiger partial charge in [-0.05, 0) is 37.6 Å². The molecule has 0 bridgehead atoms. The fourth-order valence-corrected chi connectivity index (χ4v) is 5.05. The molecule has 1 aliphatic heterocycles. The number of fused-ring (bicyclic) bond motifs is 1. The Labute approximate surface area is 172 Å². The first-order valence-electron chi connectivity index (χ1n) is 8.92. The number of thiazole rings is 1. The van der Waals surface area contributed by atoms with Crippen LogP contribution in [0.5, 0.6) is 5.75 Å². The Balaban J connectivity index is 1.50. The van der Waals surface area contributed by atoms with Gasteiger partial charge in [-0.15, -0.1) is 11.3 Å². The van der Waals surface area contributed by atoms with Gasteiger partial charge in [0.25, 0.3) is 5.91 Å². The van der Waals surface area contributed by atoms with Crippen LogP contribution in [0.15, 0.2) is 47.8 Å². The molecule has 1 aliphatic rings. The van der Waals surface area contributed by atoms with Gasteiger partial charge in [-0.3, -0.25) is 9.52 Å². The van der Waals surface area contributed by atoms with E-state index < -0.39 is 16.1 Å². The average Bonchev–Trinajstić information content (AvgIpc) is 3.11. The summed E-state index contributed by atoms with van der Waals surface area (Å²) in [5, 5.41) is 4.85. The van der Waals surface area contributed by atoms with Crippen LogP contribution in [0, 0.1) is 6.92 Å². The van der Waals surface area contributed by atoms with Crippen LogP contribution in [0.3, 0.4) is 0 Å². The molecule has 0 aliphatic carbocycles. The van der Waals surface area contributed by atoms with Gasteiger partial charge in [-0.1, -0.05) is 29.8 Å². The Morgan fingerprint density at radius 1 is 1.21 bits per heavy atom. The minimum atomic E-state index is -3.58. The molecule has 0 saturated carbocycles. The lowest BCUT2D eigenvalue weighted by molar-refractivity contribution is -0.122. The van der Waals surface area contributed by atoms with Crippen molar-refractivity contribution < 1.29 is 17.9 Å². The van der Waals surface area contributed by atoms with Gasteiger partial charge in [0.05, 0.1) is 17.1 Å². The van der Waals surface area contributed by atoms with Crippen molar-refractivity contribution >= 4 is 38.1 Å².